The lowest BCUT2D eigenvalue weighted by atomic mass is 10.1. The molecule has 5 nitrogen and oxygen atoms in total. The number of rotatable bonds is 3. The summed E-state index contributed by atoms with van der Waals surface area (Å²) in [7, 11) is 0. The monoisotopic (exact) mass is 239 g/mol. The van der Waals surface area contributed by atoms with Crippen molar-refractivity contribution in [1.82, 2.24) is 15.1 Å². The Morgan fingerprint density at radius 1 is 1.18 bits per heavy atom. The molecule has 5 heteroatoms. The SMILES string of the molecule is CC(CN1CCNCC1)N1C(=O)CCCC1=O. The van der Waals surface area contributed by atoms with E-state index in [0.29, 0.717) is 19.3 Å². The van der Waals surface area contributed by atoms with E-state index in [1.807, 2.05) is 6.92 Å². The molecule has 0 radical (unpaired) electrons. The maximum Gasteiger partial charge on any atom is 0.229 e. The molecule has 2 aliphatic heterocycles. The van der Waals surface area contributed by atoms with Gasteiger partial charge < -0.3 is 5.32 Å². The van der Waals surface area contributed by atoms with E-state index in [9.17, 15) is 9.59 Å². The molecule has 2 heterocycles. The van der Waals surface area contributed by atoms with Crippen LogP contribution in [0.2, 0.25) is 0 Å². The van der Waals surface area contributed by atoms with Gasteiger partial charge in [-0.05, 0) is 13.3 Å². The third-order valence-electron chi connectivity index (χ3n) is 3.49. The van der Waals surface area contributed by atoms with Gasteiger partial charge in [-0.25, -0.2) is 0 Å². The van der Waals surface area contributed by atoms with Crippen LogP contribution in [0.25, 0.3) is 0 Å². The zero-order valence-corrected chi connectivity index (χ0v) is 10.4. The maximum absolute atomic E-state index is 11.8. The Hall–Kier alpha value is -0.940. The van der Waals surface area contributed by atoms with Crippen molar-refractivity contribution in [3.63, 3.8) is 0 Å². The van der Waals surface area contributed by atoms with Gasteiger partial charge in [0.2, 0.25) is 11.8 Å². The van der Waals surface area contributed by atoms with Gasteiger partial charge in [0.05, 0.1) is 0 Å². The number of nitrogens with one attached hydrogen (secondary N) is 1. The third-order valence-corrected chi connectivity index (χ3v) is 3.49. The smallest absolute Gasteiger partial charge is 0.229 e. The second-order valence-corrected chi connectivity index (χ2v) is 4.91. The lowest BCUT2D eigenvalue weighted by Gasteiger charge is -2.35. The normalized spacial score (nSPS) is 25.1. The fourth-order valence-electron chi connectivity index (χ4n) is 2.61. The molecule has 0 spiro atoms. The van der Waals surface area contributed by atoms with Crippen LogP contribution in [0, 0.1) is 0 Å². The zero-order valence-electron chi connectivity index (χ0n) is 10.4. The van der Waals surface area contributed by atoms with Crippen LogP contribution in [-0.4, -0.2) is 60.4 Å². The standard InChI is InChI=1S/C12H21N3O2/c1-10(9-14-7-5-13-6-8-14)15-11(16)3-2-4-12(15)17/h10,13H,2-9H2,1H3. The molecule has 0 bridgehead atoms. The molecule has 0 saturated carbocycles. The highest BCUT2D eigenvalue weighted by molar-refractivity contribution is 5.97. The largest absolute Gasteiger partial charge is 0.314 e. The van der Waals surface area contributed by atoms with Gasteiger partial charge in [-0.1, -0.05) is 0 Å². The number of piperidine rings is 1. The van der Waals surface area contributed by atoms with Crippen LogP contribution in [0.15, 0.2) is 0 Å². The van der Waals surface area contributed by atoms with Gasteiger partial charge in [-0.15, -0.1) is 0 Å². The Morgan fingerprint density at radius 2 is 1.76 bits per heavy atom. The lowest BCUT2D eigenvalue weighted by molar-refractivity contribution is -0.150. The van der Waals surface area contributed by atoms with Gasteiger partial charge >= 0.3 is 0 Å². The van der Waals surface area contributed by atoms with Crippen molar-refractivity contribution in [2.75, 3.05) is 32.7 Å². The van der Waals surface area contributed by atoms with Crippen molar-refractivity contribution >= 4 is 11.8 Å². The first kappa shape index (κ1) is 12.5. The minimum Gasteiger partial charge on any atom is -0.314 e. The van der Waals surface area contributed by atoms with Gasteiger partial charge in [0.1, 0.15) is 0 Å². The topological polar surface area (TPSA) is 52.6 Å². The highest BCUT2D eigenvalue weighted by Gasteiger charge is 2.31. The average molecular weight is 239 g/mol. The molecule has 2 aliphatic rings. The van der Waals surface area contributed by atoms with E-state index < -0.39 is 0 Å². The molecular weight excluding hydrogens is 218 g/mol. The molecular formula is C12H21N3O2. The number of imide groups is 1. The summed E-state index contributed by atoms with van der Waals surface area (Å²) in [6, 6.07) is 0.00778. The van der Waals surface area contributed by atoms with Crippen molar-refractivity contribution in [2.45, 2.75) is 32.2 Å². The molecule has 2 amide bonds. The van der Waals surface area contributed by atoms with Gasteiger partial charge in [-0.2, -0.15) is 0 Å². The van der Waals surface area contributed by atoms with E-state index >= 15 is 0 Å². The summed E-state index contributed by atoms with van der Waals surface area (Å²) in [4.78, 5) is 27.3. The molecule has 0 aromatic carbocycles. The Kier molecular flexibility index (Phi) is 4.12. The van der Waals surface area contributed by atoms with Crippen LogP contribution in [0.4, 0.5) is 0 Å². The minimum atomic E-state index is 0.00360. The highest BCUT2D eigenvalue weighted by atomic mass is 16.2. The number of hydrogen-bond donors (Lipinski definition) is 1. The molecule has 1 unspecified atom stereocenters. The van der Waals surface area contributed by atoms with Crippen LogP contribution in [-0.2, 0) is 9.59 Å². The third kappa shape index (κ3) is 3.04. The number of carbonyl (C=O) groups is 2. The van der Waals surface area contributed by atoms with Crippen LogP contribution < -0.4 is 5.32 Å². The van der Waals surface area contributed by atoms with Crippen molar-refractivity contribution in [3.05, 3.63) is 0 Å². The van der Waals surface area contributed by atoms with Crippen molar-refractivity contribution in [3.8, 4) is 0 Å². The highest BCUT2D eigenvalue weighted by Crippen LogP contribution is 2.16. The Morgan fingerprint density at radius 3 is 2.35 bits per heavy atom. The molecule has 17 heavy (non-hydrogen) atoms. The second-order valence-electron chi connectivity index (χ2n) is 4.91. The van der Waals surface area contributed by atoms with Gasteiger partial charge in [0, 0.05) is 51.6 Å². The average Bonchev–Trinajstić information content (AvgIpc) is 2.30. The van der Waals surface area contributed by atoms with Crippen LogP contribution in [0.1, 0.15) is 26.2 Å². The fraction of sp³-hybridized carbons (Fsp3) is 0.833. The molecule has 2 rings (SSSR count). The number of nitrogens with zero attached hydrogens (tertiary/aromatic N) is 2. The molecule has 2 fully saturated rings. The van der Waals surface area contributed by atoms with E-state index in [-0.39, 0.29) is 17.9 Å². The molecule has 0 aromatic heterocycles. The van der Waals surface area contributed by atoms with Crippen molar-refractivity contribution in [1.29, 1.82) is 0 Å². The van der Waals surface area contributed by atoms with Gasteiger partial charge in [0.15, 0.2) is 0 Å². The van der Waals surface area contributed by atoms with Crippen LogP contribution in [0.5, 0.6) is 0 Å². The summed E-state index contributed by atoms with van der Waals surface area (Å²) in [6.45, 7) is 6.77. The van der Waals surface area contributed by atoms with E-state index in [4.69, 9.17) is 0 Å². The maximum atomic E-state index is 11.8. The predicted molar refractivity (Wildman–Crippen MR) is 64.5 cm³/mol. The number of likely N-dealkylation sites (tertiary alicyclic amines) is 1. The number of amides is 2. The molecule has 2 saturated heterocycles. The summed E-state index contributed by atoms with van der Waals surface area (Å²) in [5.74, 6) is 0.00719. The Balaban J connectivity index is 1.90. The lowest BCUT2D eigenvalue weighted by Crippen LogP contribution is -2.53. The first-order chi connectivity index (χ1) is 8.18. The first-order valence-electron chi connectivity index (χ1n) is 6.46. The number of hydrogen-bond acceptors (Lipinski definition) is 4. The quantitative estimate of drug-likeness (QED) is 0.694. The number of carbonyl (C=O) groups excluding carboxylic acids is 2. The van der Waals surface area contributed by atoms with E-state index in [0.717, 1.165) is 32.7 Å². The molecule has 0 aromatic rings. The molecule has 0 aliphatic carbocycles. The minimum absolute atomic E-state index is 0.00360. The second kappa shape index (κ2) is 5.60. The van der Waals surface area contributed by atoms with Crippen LogP contribution in [0.3, 0.4) is 0 Å². The first-order valence-corrected chi connectivity index (χ1v) is 6.46. The predicted octanol–water partition coefficient (Wildman–Crippen LogP) is -0.181. The van der Waals surface area contributed by atoms with Crippen molar-refractivity contribution < 1.29 is 9.59 Å². The number of piperazine rings is 1. The molecule has 96 valence electrons. The van der Waals surface area contributed by atoms with Crippen LogP contribution >= 0.6 is 0 Å². The van der Waals surface area contributed by atoms with Crippen molar-refractivity contribution in [2.24, 2.45) is 0 Å². The Bertz CT molecular complexity index is 284. The summed E-state index contributed by atoms with van der Waals surface area (Å²) >= 11 is 0. The van der Waals surface area contributed by atoms with E-state index in [1.165, 1.54) is 4.90 Å². The Labute approximate surface area is 102 Å². The fourth-order valence-corrected chi connectivity index (χ4v) is 2.61. The van der Waals surface area contributed by atoms with E-state index in [1.54, 1.807) is 0 Å². The summed E-state index contributed by atoms with van der Waals surface area (Å²) in [5, 5.41) is 3.30. The zero-order chi connectivity index (χ0) is 12.3. The summed E-state index contributed by atoms with van der Waals surface area (Å²) < 4.78 is 0. The van der Waals surface area contributed by atoms with E-state index in [2.05, 4.69) is 10.2 Å². The summed E-state index contributed by atoms with van der Waals surface area (Å²) in [5.41, 5.74) is 0. The van der Waals surface area contributed by atoms with Gasteiger partial charge in [-0.3, -0.25) is 19.4 Å². The molecule has 1 atom stereocenters. The summed E-state index contributed by atoms with van der Waals surface area (Å²) in [6.07, 6.45) is 1.77. The van der Waals surface area contributed by atoms with Gasteiger partial charge in [0.25, 0.3) is 0 Å². The molecule has 1 N–H and O–H groups in total.